The van der Waals surface area contributed by atoms with Crippen LogP contribution in [-0.2, 0) is 19.4 Å². The topological polar surface area (TPSA) is 84.0 Å². The van der Waals surface area contributed by atoms with E-state index in [2.05, 4.69) is 0 Å². The molecule has 1 atom stereocenters. The van der Waals surface area contributed by atoms with Gasteiger partial charge < -0.3 is 9.64 Å². The summed E-state index contributed by atoms with van der Waals surface area (Å²) in [4.78, 5) is 28.7. The summed E-state index contributed by atoms with van der Waals surface area (Å²) in [7, 11) is 0.201. The van der Waals surface area contributed by atoms with E-state index in [0.717, 1.165) is 11.3 Å². The van der Waals surface area contributed by atoms with Gasteiger partial charge in [-0.1, -0.05) is 36.1 Å². The number of carbonyl (C=O) groups excluding carboxylic acids is 2. The molecule has 10 heteroatoms. The van der Waals surface area contributed by atoms with E-state index in [1.54, 1.807) is 20.2 Å². The van der Waals surface area contributed by atoms with Gasteiger partial charge in [0.15, 0.2) is 9.84 Å². The first kappa shape index (κ1) is 22.8. The second kappa shape index (κ2) is 9.49. The summed E-state index contributed by atoms with van der Waals surface area (Å²) in [5.74, 6) is 0.622. The first-order chi connectivity index (χ1) is 14.2. The minimum absolute atomic E-state index is 0.0279. The van der Waals surface area contributed by atoms with Crippen LogP contribution in [0.15, 0.2) is 29.2 Å². The van der Waals surface area contributed by atoms with Crippen molar-refractivity contribution in [3.63, 3.8) is 0 Å². The van der Waals surface area contributed by atoms with Gasteiger partial charge in [-0.2, -0.15) is 0 Å². The molecule has 2 aliphatic rings. The van der Waals surface area contributed by atoms with Crippen molar-refractivity contribution in [3.05, 3.63) is 34.7 Å². The highest BCUT2D eigenvalue weighted by Crippen LogP contribution is 2.33. The zero-order valence-corrected chi connectivity index (χ0v) is 19.3. The first-order valence-electron chi connectivity index (χ1n) is 9.55. The van der Waals surface area contributed by atoms with E-state index >= 15 is 0 Å². The largest absolute Gasteiger partial charge is 0.497 e. The summed E-state index contributed by atoms with van der Waals surface area (Å²) in [5.41, 5.74) is 0.875. The van der Waals surface area contributed by atoms with Gasteiger partial charge in [0.1, 0.15) is 10.1 Å². The molecule has 0 radical (unpaired) electrons. The number of methoxy groups -OCH3 is 1. The van der Waals surface area contributed by atoms with Crippen molar-refractivity contribution in [2.24, 2.45) is 0 Å². The summed E-state index contributed by atoms with van der Waals surface area (Å²) in [6.07, 6.45) is 2.97. The highest BCUT2D eigenvalue weighted by molar-refractivity contribution is 8.26. The van der Waals surface area contributed by atoms with Crippen LogP contribution in [0.2, 0.25) is 0 Å². The highest BCUT2D eigenvalue weighted by Gasteiger charge is 2.34. The number of carbonyl (C=O) groups is 2. The summed E-state index contributed by atoms with van der Waals surface area (Å²) in [6.45, 7) is 0.354. The number of amides is 2. The molecule has 7 nitrogen and oxygen atoms in total. The van der Waals surface area contributed by atoms with Crippen molar-refractivity contribution < 1.29 is 22.7 Å². The molecule has 2 saturated heterocycles. The summed E-state index contributed by atoms with van der Waals surface area (Å²) < 4.78 is 28.8. The van der Waals surface area contributed by atoms with Crippen molar-refractivity contribution in [1.82, 2.24) is 9.80 Å². The lowest BCUT2D eigenvalue weighted by atomic mass is 10.2. The van der Waals surface area contributed by atoms with Gasteiger partial charge in [0.2, 0.25) is 5.91 Å². The molecule has 3 rings (SSSR count). The van der Waals surface area contributed by atoms with E-state index in [1.807, 2.05) is 24.3 Å². The molecule has 2 amide bonds. The Balaban J connectivity index is 1.53. The van der Waals surface area contributed by atoms with Crippen LogP contribution in [-0.4, -0.2) is 72.6 Å². The summed E-state index contributed by atoms with van der Waals surface area (Å²) in [5, 5.41) is 0. The Labute approximate surface area is 186 Å². The Morgan fingerprint density at radius 1 is 1.37 bits per heavy atom. The monoisotopic (exact) mass is 468 g/mol. The first-order valence-corrected chi connectivity index (χ1v) is 12.6. The van der Waals surface area contributed by atoms with Gasteiger partial charge in [0.25, 0.3) is 5.91 Å². The number of hydrogen-bond acceptors (Lipinski definition) is 7. The maximum Gasteiger partial charge on any atom is 0.266 e. The lowest BCUT2D eigenvalue weighted by Gasteiger charge is -2.24. The fourth-order valence-electron chi connectivity index (χ4n) is 3.39. The van der Waals surface area contributed by atoms with E-state index in [-0.39, 0.29) is 35.8 Å². The van der Waals surface area contributed by atoms with Crippen LogP contribution < -0.4 is 4.74 Å². The molecular formula is C20H24N2O5S3. The van der Waals surface area contributed by atoms with Gasteiger partial charge in [-0.05, 0) is 36.6 Å². The maximum absolute atomic E-state index is 12.7. The normalized spacial score (nSPS) is 22.0. The SMILES string of the molecule is COc1ccc(C=C2SC(=S)N(CCCC(=O)N(C)C3CCS(=O)(=O)C3)C2=O)cc1. The zero-order chi connectivity index (χ0) is 21.9. The minimum Gasteiger partial charge on any atom is -0.497 e. The molecule has 2 heterocycles. The smallest absolute Gasteiger partial charge is 0.266 e. The van der Waals surface area contributed by atoms with E-state index in [0.29, 0.717) is 28.6 Å². The molecule has 2 aliphatic heterocycles. The van der Waals surface area contributed by atoms with Crippen LogP contribution in [0.25, 0.3) is 6.08 Å². The van der Waals surface area contributed by atoms with E-state index in [9.17, 15) is 18.0 Å². The highest BCUT2D eigenvalue weighted by atomic mass is 32.2. The molecule has 1 aromatic rings. The van der Waals surface area contributed by atoms with Crippen LogP contribution in [0.5, 0.6) is 5.75 Å². The Bertz CT molecular complexity index is 973. The fraction of sp³-hybridized carbons (Fsp3) is 0.450. The van der Waals surface area contributed by atoms with E-state index < -0.39 is 9.84 Å². The van der Waals surface area contributed by atoms with Gasteiger partial charge in [-0.25, -0.2) is 8.42 Å². The van der Waals surface area contributed by atoms with Crippen molar-refractivity contribution in [1.29, 1.82) is 0 Å². The van der Waals surface area contributed by atoms with Crippen molar-refractivity contribution >= 4 is 56.0 Å². The summed E-state index contributed by atoms with van der Waals surface area (Å²) >= 11 is 6.59. The van der Waals surface area contributed by atoms with Gasteiger partial charge in [-0.15, -0.1) is 0 Å². The maximum atomic E-state index is 12.7. The molecule has 0 aromatic heterocycles. The Morgan fingerprint density at radius 3 is 2.67 bits per heavy atom. The number of nitrogens with zero attached hydrogens (tertiary/aromatic N) is 2. The van der Waals surface area contributed by atoms with Crippen molar-refractivity contribution in [3.8, 4) is 5.75 Å². The molecule has 162 valence electrons. The molecule has 2 fully saturated rings. The van der Waals surface area contributed by atoms with Crippen molar-refractivity contribution in [2.45, 2.75) is 25.3 Å². The van der Waals surface area contributed by atoms with Gasteiger partial charge in [0.05, 0.1) is 23.5 Å². The average molecular weight is 469 g/mol. The predicted octanol–water partition coefficient (Wildman–Crippen LogP) is 2.32. The van der Waals surface area contributed by atoms with Crippen LogP contribution in [0.1, 0.15) is 24.8 Å². The number of rotatable bonds is 7. The van der Waals surface area contributed by atoms with Crippen molar-refractivity contribution in [2.75, 3.05) is 32.2 Å². The number of ether oxygens (including phenoxy) is 1. The van der Waals surface area contributed by atoms with Crippen LogP contribution in [0, 0.1) is 0 Å². The fourth-order valence-corrected chi connectivity index (χ4v) is 6.48. The number of benzene rings is 1. The molecule has 0 bridgehead atoms. The summed E-state index contributed by atoms with van der Waals surface area (Å²) in [6, 6.07) is 7.12. The minimum atomic E-state index is -3.04. The molecule has 0 aliphatic carbocycles. The molecule has 0 saturated carbocycles. The second-order valence-corrected chi connectivity index (χ2v) is 11.2. The second-order valence-electron chi connectivity index (χ2n) is 7.27. The third-order valence-corrected chi connectivity index (χ3v) is 8.34. The van der Waals surface area contributed by atoms with E-state index in [4.69, 9.17) is 17.0 Å². The Kier molecular flexibility index (Phi) is 7.20. The molecule has 30 heavy (non-hydrogen) atoms. The number of thioether (sulfide) groups is 1. The van der Waals surface area contributed by atoms with Crippen LogP contribution in [0.4, 0.5) is 0 Å². The number of sulfone groups is 1. The number of thiocarbonyl (C=S) groups is 1. The lowest BCUT2D eigenvalue weighted by Crippen LogP contribution is -2.38. The molecular weight excluding hydrogens is 444 g/mol. The van der Waals surface area contributed by atoms with Crippen LogP contribution in [0.3, 0.4) is 0 Å². The average Bonchev–Trinajstić information content (AvgIpc) is 3.21. The Hall–Kier alpha value is -1.91. The predicted molar refractivity (Wildman–Crippen MR) is 122 cm³/mol. The molecule has 1 aromatic carbocycles. The Morgan fingerprint density at radius 2 is 2.07 bits per heavy atom. The standard InChI is InChI=1S/C20H24N2O5S3/c1-21(15-9-11-30(25,26)13-15)18(23)4-3-10-22-19(24)17(29-20(22)28)12-14-5-7-16(27-2)8-6-14/h5-8,12,15H,3-4,9-11,13H2,1-2H3. The van der Waals surface area contributed by atoms with Crippen LogP contribution >= 0.6 is 24.0 Å². The quantitative estimate of drug-likeness (QED) is 0.449. The van der Waals surface area contributed by atoms with Gasteiger partial charge in [-0.3, -0.25) is 14.5 Å². The third kappa shape index (κ3) is 5.41. The third-order valence-electron chi connectivity index (χ3n) is 5.21. The van der Waals surface area contributed by atoms with Gasteiger partial charge in [0, 0.05) is 26.1 Å². The lowest BCUT2D eigenvalue weighted by molar-refractivity contribution is -0.132. The zero-order valence-electron chi connectivity index (χ0n) is 16.9. The molecule has 0 N–H and O–H groups in total. The van der Waals surface area contributed by atoms with Gasteiger partial charge >= 0.3 is 0 Å². The molecule has 0 spiro atoms. The molecule has 1 unspecified atom stereocenters. The van der Waals surface area contributed by atoms with E-state index in [1.165, 1.54) is 21.6 Å². The number of hydrogen-bond donors (Lipinski definition) is 0.